The van der Waals surface area contributed by atoms with E-state index in [4.69, 9.17) is 0 Å². The summed E-state index contributed by atoms with van der Waals surface area (Å²) in [6.07, 6.45) is 9.76. The molecule has 1 unspecified atom stereocenters. The first-order chi connectivity index (χ1) is 8.36. The van der Waals surface area contributed by atoms with Crippen LogP contribution < -0.4 is 4.72 Å². The lowest BCUT2D eigenvalue weighted by molar-refractivity contribution is 0.442. The Kier molecular flexibility index (Phi) is 5.05. The molecular formula is C15H26NS+. The van der Waals surface area contributed by atoms with Crippen molar-refractivity contribution >= 4 is 10.7 Å². The van der Waals surface area contributed by atoms with Gasteiger partial charge in [-0.15, -0.1) is 4.72 Å². The molecule has 0 saturated heterocycles. The Hall–Kier alpha value is -0.340. The molecule has 1 heterocycles. The summed E-state index contributed by atoms with van der Waals surface area (Å²) in [5.41, 5.74) is 1.70. The van der Waals surface area contributed by atoms with Crippen molar-refractivity contribution in [2.45, 2.75) is 64.7 Å². The molecule has 1 aromatic rings. The van der Waals surface area contributed by atoms with Gasteiger partial charge >= 0.3 is 0 Å². The molecule has 1 fully saturated rings. The Bertz CT molecular complexity index is 337. The van der Waals surface area contributed by atoms with Crippen LogP contribution in [0.3, 0.4) is 0 Å². The zero-order chi connectivity index (χ0) is 12.1. The third-order valence-electron chi connectivity index (χ3n) is 3.79. The fourth-order valence-electron chi connectivity index (χ4n) is 2.99. The SMILES string of the molecule is CCCc1c(C2CCCCC2)cc[s+]1NCC. The van der Waals surface area contributed by atoms with E-state index in [0.29, 0.717) is 0 Å². The summed E-state index contributed by atoms with van der Waals surface area (Å²) in [4.78, 5) is 1.72. The molecule has 1 nitrogen and oxygen atoms in total. The maximum absolute atomic E-state index is 3.63. The lowest BCUT2D eigenvalue weighted by Crippen LogP contribution is -2.06. The van der Waals surface area contributed by atoms with Crippen molar-refractivity contribution in [3.05, 3.63) is 21.9 Å². The smallest absolute Gasteiger partial charge is 0.118 e. The Labute approximate surface area is 109 Å². The van der Waals surface area contributed by atoms with E-state index in [1.165, 1.54) is 44.9 Å². The molecule has 2 heteroatoms. The van der Waals surface area contributed by atoms with Crippen molar-refractivity contribution < 1.29 is 0 Å². The van der Waals surface area contributed by atoms with Crippen LogP contribution in [0.1, 0.15) is 68.7 Å². The van der Waals surface area contributed by atoms with Crippen molar-refractivity contribution in [1.29, 1.82) is 0 Å². The summed E-state index contributed by atoms with van der Waals surface area (Å²) >= 11 is 0. The van der Waals surface area contributed by atoms with Gasteiger partial charge in [0.15, 0.2) is 10.3 Å². The third kappa shape index (κ3) is 3.11. The van der Waals surface area contributed by atoms with E-state index in [2.05, 4.69) is 30.0 Å². The van der Waals surface area contributed by atoms with E-state index in [0.717, 1.165) is 12.5 Å². The van der Waals surface area contributed by atoms with Crippen LogP contribution in [-0.4, -0.2) is 6.54 Å². The van der Waals surface area contributed by atoms with Crippen LogP contribution >= 0.6 is 10.7 Å². The summed E-state index contributed by atoms with van der Waals surface area (Å²) in [7, 11) is 0.252. The average Bonchev–Trinajstić information content (AvgIpc) is 2.75. The lowest BCUT2D eigenvalue weighted by Gasteiger charge is -2.20. The van der Waals surface area contributed by atoms with Crippen molar-refractivity contribution in [2.75, 3.05) is 11.3 Å². The monoisotopic (exact) mass is 252 g/mol. The zero-order valence-electron chi connectivity index (χ0n) is 11.3. The predicted octanol–water partition coefficient (Wildman–Crippen LogP) is 5.00. The van der Waals surface area contributed by atoms with E-state index in [1.54, 1.807) is 10.4 Å². The van der Waals surface area contributed by atoms with Crippen LogP contribution in [0.5, 0.6) is 0 Å². The summed E-state index contributed by atoms with van der Waals surface area (Å²) in [6, 6.07) is 2.44. The summed E-state index contributed by atoms with van der Waals surface area (Å²) in [5, 5.41) is 2.42. The highest BCUT2D eigenvalue weighted by Crippen LogP contribution is 2.39. The van der Waals surface area contributed by atoms with Crippen LogP contribution in [0.4, 0.5) is 0 Å². The normalized spacial score (nSPS) is 18.6. The summed E-state index contributed by atoms with van der Waals surface area (Å²) in [5.74, 6) is 0.873. The molecule has 1 atom stereocenters. The Morgan fingerprint density at radius 1 is 1.24 bits per heavy atom. The number of hydrogen-bond acceptors (Lipinski definition) is 1. The molecule has 0 spiro atoms. The molecule has 96 valence electrons. The molecule has 17 heavy (non-hydrogen) atoms. The molecule has 1 N–H and O–H groups in total. The van der Waals surface area contributed by atoms with Gasteiger partial charge in [-0.1, -0.05) is 26.2 Å². The van der Waals surface area contributed by atoms with Crippen molar-refractivity contribution in [3.63, 3.8) is 0 Å². The fourth-order valence-corrected chi connectivity index (χ4v) is 4.93. The van der Waals surface area contributed by atoms with E-state index in [9.17, 15) is 0 Å². The van der Waals surface area contributed by atoms with Crippen LogP contribution in [-0.2, 0) is 6.42 Å². The highest BCUT2D eigenvalue weighted by atomic mass is 32.2. The van der Waals surface area contributed by atoms with Crippen LogP contribution in [0.15, 0.2) is 11.4 Å². The van der Waals surface area contributed by atoms with Gasteiger partial charge in [0, 0.05) is 24.6 Å². The number of hydrogen-bond donors (Lipinski definition) is 1. The average molecular weight is 252 g/mol. The van der Waals surface area contributed by atoms with Gasteiger partial charge in [-0.25, -0.2) is 0 Å². The first-order valence-electron chi connectivity index (χ1n) is 7.24. The number of thiophene rings is 1. The Balaban J connectivity index is 2.19. The van der Waals surface area contributed by atoms with Crippen molar-refractivity contribution in [1.82, 2.24) is 0 Å². The molecule has 1 saturated carbocycles. The Morgan fingerprint density at radius 3 is 2.65 bits per heavy atom. The maximum Gasteiger partial charge on any atom is 0.175 e. The van der Waals surface area contributed by atoms with E-state index < -0.39 is 0 Å². The first kappa shape index (κ1) is 13.1. The molecule has 1 aliphatic rings. The quantitative estimate of drug-likeness (QED) is 0.727. The Morgan fingerprint density at radius 2 is 2.00 bits per heavy atom. The molecule has 0 aliphatic heterocycles. The molecule has 1 aromatic heterocycles. The topological polar surface area (TPSA) is 12.0 Å². The largest absolute Gasteiger partial charge is 0.175 e. The zero-order valence-corrected chi connectivity index (χ0v) is 12.1. The van der Waals surface area contributed by atoms with Gasteiger partial charge < -0.3 is 0 Å². The summed E-state index contributed by atoms with van der Waals surface area (Å²) < 4.78 is 3.63. The van der Waals surface area contributed by atoms with Gasteiger partial charge in [0.2, 0.25) is 0 Å². The number of rotatable bonds is 5. The minimum Gasteiger partial charge on any atom is -0.118 e. The van der Waals surface area contributed by atoms with Gasteiger partial charge in [0.25, 0.3) is 0 Å². The third-order valence-corrected chi connectivity index (χ3v) is 5.77. The minimum atomic E-state index is 0.252. The molecule has 0 radical (unpaired) electrons. The van der Waals surface area contributed by atoms with Crippen LogP contribution in [0.2, 0.25) is 0 Å². The fraction of sp³-hybridized carbons (Fsp3) is 0.733. The van der Waals surface area contributed by atoms with Gasteiger partial charge in [0.05, 0.1) is 10.7 Å². The molecule has 0 aromatic carbocycles. The summed E-state index contributed by atoms with van der Waals surface area (Å²) in [6.45, 7) is 5.60. The molecule has 2 rings (SSSR count). The lowest BCUT2D eigenvalue weighted by atomic mass is 9.84. The van der Waals surface area contributed by atoms with Gasteiger partial charge in [-0.05, 0) is 32.1 Å². The van der Waals surface area contributed by atoms with Gasteiger partial charge in [-0.2, -0.15) is 0 Å². The molecule has 0 bridgehead atoms. The van der Waals surface area contributed by atoms with Crippen molar-refractivity contribution in [3.8, 4) is 0 Å². The van der Waals surface area contributed by atoms with Crippen LogP contribution in [0, 0.1) is 0 Å². The standard InChI is InChI=1S/C15H26NS/c1-3-8-15-14(11-12-17(15)16-4-2)13-9-6-5-7-10-13/h11-13,16H,3-10H2,1-2H3/q+1. The second kappa shape index (κ2) is 6.55. The maximum atomic E-state index is 3.63. The highest BCUT2D eigenvalue weighted by molar-refractivity contribution is 7.31. The second-order valence-electron chi connectivity index (χ2n) is 5.10. The van der Waals surface area contributed by atoms with Gasteiger partial charge in [-0.3, -0.25) is 0 Å². The van der Waals surface area contributed by atoms with Gasteiger partial charge in [0.1, 0.15) is 0 Å². The van der Waals surface area contributed by atoms with Crippen LogP contribution in [0.25, 0.3) is 0 Å². The predicted molar refractivity (Wildman–Crippen MR) is 78.6 cm³/mol. The second-order valence-corrected chi connectivity index (χ2v) is 6.83. The van der Waals surface area contributed by atoms with E-state index in [-0.39, 0.29) is 10.7 Å². The highest BCUT2D eigenvalue weighted by Gasteiger charge is 2.26. The van der Waals surface area contributed by atoms with E-state index in [1.807, 2.05) is 0 Å². The van der Waals surface area contributed by atoms with E-state index >= 15 is 0 Å². The van der Waals surface area contributed by atoms with Crippen molar-refractivity contribution in [2.24, 2.45) is 0 Å². The molecule has 0 amide bonds. The molecular weight excluding hydrogens is 226 g/mol. The minimum absolute atomic E-state index is 0.252. The number of nitrogens with one attached hydrogen (secondary N) is 1. The first-order valence-corrected chi connectivity index (χ1v) is 8.53. The molecule has 1 aliphatic carbocycles.